The molecule has 130 valence electrons. The topological polar surface area (TPSA) is 40.5 Å². The molecule has 26 heavy (non-hydrogen) atoms. The van der Waals surface area contributed by atoms with E-state index in [-0.39, 0.29) is 5.56 Å². The molecule has 4 rings (SSSR count). The van der Waals surface area contributed by atoms with Crippen LogP contribution in [0.2, 0.25) is 10.0 Å². The van der Waals surface area contributed by atoms with Gasteiger partial charge in [-0.25, -0.2) is 4.79 Å². The van der Waals surface area contributed by atoms with Crippen molar-refractivity contribution in [3.63, 3.8) is 0 Å². The molecule has 0 radical (unpaired) electrons. The largest absolute Gasteiger partial charge is 0.478 e. The van der Waals surface area contributed by atoms with Crippen LogP contribution in [0.25, 0.3) is 11.1 Å². The number of rotatable bonds is 3. The van der Waals surface area contributed by atoms with Crippen molar-refractivity contribution in [2.75, 3.05) is 11.4 Å². The molecule has 0 aromatic heterocycles. The van der Waals surface area contributed by atoms with Crippen molar-refractivity contribution < 1.29 is 9.90 Å². The van der Waals surface area contributed by atoms with Crippen LogP contribution in [0.5, 0.6) is 0 Å². The number of benzene rings is 3. The highest BCUT2D eigenvalue weighted by Gasteiger charge is 2.21. The van der Waals surface area contributed by atoms with Crippen LogP contribution in [0.4, 0.5) is 11.4 Å². The van der Waals surface area contributed by atoms with Crippen LogP contribution in [-0.4, -0.2) is 17.6 Å². The van der Waals surface area contributed by atoms with Crippen LogP contribution in [0, 0.1) is 0 Å². The van der Waals surface area contributed by atoms with Crippen LogP contribution in [0.3, 0.4) is 0 Å². The summed E-state index contributed by atoms with van der Waals surface area (Å²) in [5, 5.41) is 10.3. The predicted octanol–water partition coefficient (Wildman–Crippen LogP) is 6.05. The summed E-state index contributed by atoms with van der Waals surface area (Å²) >= 11 is 12.2. The SMILES string of the molecule is O=C(O)c1cccc(-c2ccc3c(c2)N(c2ccc(Cl)c(Cl)c2)CC3)c1. The van der Waals surface area contributed by atoms with Crippen molar-refractivity contribution in [2.45, 2.75) is 6.42 Å². The van der Waals surface area contributed by atoms with Crippen molar-refractivity contribution in [2.24, 2.45) is 0 Å². The Balaban J connectivity index is 1.75. The van der Waals surface area contributed by atoms with Crippen molar-refractivity contribution in [1.82, 2.24) is 0 Å². The minimum absolute atomic E-state index is 0.282. The molecule has 5 heteroatoms. The lowest BCUT2D eigenvalue weighted by atomic mass is 10.0. The second kappa shape index (κ2) is 6.67. The molecule has 0 amide bonds. The number of carboxylic acids is 1. The summed E-state index contributed by atoms with van der Waals surface area (Å²) in [6, 6.07) is 18.9. The van der Waals surface area contributed by atoms with Gasteiger partial charge >= 0.3 is 5.97 Å². The van der Waals surface area contributed by atoms with Gasteiger partial charge in [0.25, 0.3) is 0 Å². The molecule has 3 aromatic carbocycles. The first kappa shape index (κ1) is 17.0. The van der Waals surface area contributed by atoms with Gasteiger partial charge in [-0.2, -0.15) is 0 Å². The van der Waals surface area contributed by atoms with E-state index >= 15 is 0 Å². The van der Waals surface area contributed by atoms with E-state index in [1.807, 2.05) is 24.3 Å². The lowest BCUT2D eigenvalue weighted by Gasteiger charge is -2.21. The fourth-order valence-electron chi connectivity index (χ4n) is 3.31. The number of carbonyl (C=O) groups is 1. The monoisotopic (exact) mass is 383 g/mol. The molecule has 0 fully saturated rings. The Labute approximate surface area is 161 Å². The van der Waals surface area contributed by atoms with Crippen LogP contribution >= 0.6 is 23.2 Å². The van der Waals surface area contributed by atoms with E-state index in [0.717, 1.165) is 35.5 Å². The third-order valence-electron chi connectivity index (χ3n) is 4.64. The van der Waals surface area contributed by atoms with Gasteiger partial charge in [0.05, 0.1) is 15.6 Å². The zero-order valence-electron chi connectivity index (χ0n) is 13.7. The Kier molecular flexibility index (Phi) is 4.35. The fraction of sp³-hybridized carbons (Fsp3) is 0.0952. The highest BCUT2D eigenvalue weighted by Crippen LogP contribution is 2.39. The van der Waals surface area contributed by atoms with Gasteiger partial charge in [0.1, 0.15) is 0 Å². The molecular weight excluding hydrogens is 369 g/mol. The average molecular weight is 384 g/mol. The third-order valence-corrected chi connectivity index (χ3v) is 5.38. The summed E-state index contributed by atoms with van der Waals surface area (Å²) in [5.41, 5.74) is 5.52. The molecule has 3 nitrogen and oxygen atoms in total. The Bertz CT molecular complexity index is 1020. The third kappa shape index (κ3) is 3.05. The van der Waals surface area contributed by atoms with Gasteiger partial charge in [-0.1, -0.05) is 47.5 Å². The second-order valence-electron chi connectivity index (χ2n) is 6.23. The molecule has 1 N–H and O–H groups in total. The number of carboxylic acid groups (broad SMARTS) is 1. The highest BCUT2D eigenvalue weighted by atomic mass is 35.5. The average Bonchev–Trinajstić information content (AvgIpc) is 3.07. The molecule has 0 spiro atoms. The maximum atomic E-state index is 11.2. The van der Waals surface area contributed by atoms with Crippen molar-refractivity contribution in [3.8, 4) is 11.1 Å². The lowest BCUT2D eigenvalue weighted by molar-refractivity contribution is 0.0697. The fourth-order valence-corrected chi connectivity index (χ4v) is 3.60. The van der Waals surface area contributed by atoms with E-state index in [1.54, 1.807) is 24.3 Å². The first-order valence-electron chi connectivity index (χ1n) is 8.22. The predicted molar refractivity (Wildman–Crippen MR) is 106 cm³/mol. The number of halogens is 2. The van der Waals surface area contributed by atoms with Gasteiger partial charge in [-0.15, -0.1) is 0 Å². The number of hydrogen-bond donors (Lipinski definition) is 1. The summed E-state index contributed by atoms with van der Waals surface area (Å²) in [4.78, 5) is 13.4. The van der Waals surface area contributed by atoms with Gasteiger partial charge in [-0.3, -0.25) is 0 Å². The molecule has 0 aliphatic carbocycles. The minimum Gasteiger partial charge on any atom is -0.478 e. The Morgan fingerprint density at radius 1 is 0.923 bits per heavy atom. The first-order valence-corrected chi connectivity index (χ1v) is 8.98. The van der Waals surface area contributed by atoms with Gasteiger partial charge in [-0.05, 0) is 59.5 Å². The molecule has 0 atom stereocenters. The standard InChI is InChI=1S/C21H15Cl2NO2/c22-18-7-6-17(12-19(18)23)24-9-8-13-4-5-15(11-20(13)24)14-2-1-3-16(10-14)21(25)26/h1-7,10-12H,8-9H2,(H,25,26). The molecule has 0 unspecified atom stereocenters. The molecule has 0 saturated heterocycles. The molecule has 1 aliphatic heterocycles. The molecule has 1 aliphatic rings. The summed E-state index contributed by atoms with van der Waals surface area (Å²) in [5.74, 6) is -0.926. The van der Waals surface area contributed by atoms with Crippen molar-refractivity contribution in [3.05, 3.63) is 81.8 Å². The normalized spacial score (nSPS) is 12.9. The Morgan fingerprint density at radius 3 is 2.50 bits per heavy atom. The zero-order valence-corrected chi connectivity index (χ0v) is 15.3. The van der Waals surface area contributed by atoms with Gasteiger partial charge < -0.3 is 10.0 Å². The van der Waals surface area contributed by atoms with Crippen molar-refractivity contribution >= 4 is 40.5 Å². The van der Waals surface area contributed by atoms with E-state index in [4.69, 9.17) is 23.2 Å². The van der Waals surface area contributed by atoms with Crippen LogP contribution < -0.4 is 4.90 Å². The molecular formula is C21H15Cl2NO2. The molecule has 0 saturated carbocycles. The quantitative estimate of drug-likeness (QED) is 0.597. The summed E-state index contributed by atoms with van der Waals surface area (Å²) in [7, 11) is 0. The molecule has 3 aromatic rings. The van der Waals surface area contributed by atoms with Crippen LogP contribution in [0.15, 0.2) is 60.7 Å². The first-order chi connectivity index (χ1) is 12.5. The van der Waals surface area contributed by atoms with Crippen molar-refractivity contribution in [1.29, 1.82) is 0 Å². The van der Waals surface area contributed by atoms with E-state index in [1.165, 1.54) is 5.56 Å². The van der Waals surface area contributed by atoms with Gasteiger partial charge in [0, 0.05) is 17.9 Å². The summed E-state index contributed by atoms with van der Waals surface area (Å²) < 4.78 is 0. The highest BCUT2D eigenvalue weighted by molar-refractivity contribution is 6.42. The maximum absolute atomic E-state index is 11.2. The van der Waals surface area contributed by atoms with Gasteiger partial charge in [0.2, 0.25) is 0 Å². The molecule has 1 heterocycles. The lowest BCUT2D eigenvalue weighted by Crippen LogP contribution is -2.13. The number of hydrogen-bond acceptors (Lipinski definition) is 2. The van der Waals surface area contributed by atoms with E-state index in [0.29, 0.717) is 10.0 Å². The summed E-state index contributed by atoms with van der Waals surface area (Å²) in [6.07, 6.45) is 0.949. The second-order valence-corrected chi connectivity index (χ2v) is 7.04. The number of anilines is 2. The maximum Gasteiger partial charge on any atom is 0.335 e. The number of aromatic carboxylic acids is 1. The van der Waals surface area contributed by atoms with Crippen LogP contribution in [0.1, 0.15) is 15.9 Å². The zero-order chi connectivity index (χ0) is 18.3. The van der Waals surface area contributed by atoms with E-state index in [2.05, 4.69) is 17.0 Å². The number of fused-ring (bicyclic) bond motifs is 1. The Hall–Kier alpha value is -2.49. The van der Waals surface area contributed by atoms with Crippen LogP contribution in [-0.2, 0) is 6.42 Å². The Morgan fingerprint density at radius 2 is 1.73 bits per heavy atom. The molecule has 0 bridgehead atoms. The summed E-state index contributed by atoms with van der Waals surface area (Å²) in [6.45, 7) is 0.867. The minimum atomic E-state index is -0.926. The van der Waals surface area contributed by atoms with Gasteiger partial charge in [0.15, 0.2) is 0 Å². The van der Waals surface area contributed by atoms with E-state index in [9.17, 15) is 9.90 Å². The number of nitrogens with zero attached hydrogens (tertiary/aromatic N) is 1. The van der Waals surface area contributed by atoms with E-state index < -0.39 is 5.97 Å². The smallest absolute Gasteiger partial charge is 0.335 e.